The van der Waals surface area contributed by atoms with Crippen molar-refractivity contribution in [2.45, 2.75) is 6.54 Å². The molecule has 2 heterocycles. The van der Waals surface area contributed by atoms with E-state index < -0.39 is 0 Å². The van der Waals surface area contributed by atoms with Gasteiger partial charge in [-0.2, -0.15) is 0 Å². The van der Waals surface area contributed by atoms with Gasteiger partial charge in [-0.05, 0) is 21.5 Å². The van der Waals surface area contributed by atoms with Crippen LogP contribution >= 0.6 is 15.9 Å². The van der Waals surface area contributed by atoms with Crippen LogP contribution in [0.4, 0.5) is 0 Å². The highest BCUT2D eigenvalue weighted by atomic mass is 79.9. The molecule has 18 heavy (non-hydrogen) atoms. The lowest BCUT2D eigenvalue weighted by Gasteiger charge is -2.04. The van der Waals surface area contributed by atoms with Crippen LogP contribution in [-0.2, 0) is 6.54 Å². The summed E-state index contributed by atoms with van der Waals surface area (Å²) >= 11 is 3.36. The van der Waals surface area contributed by atoms with Crippen LogP contribution in [0.2, 0.25) is 0 Å². The van der Waals surface area contributed by atoms with Crippen molar-refractivity contribution in [2.24, 2.45) is 0 Å². The van der Waals surface area contributed by atoms with Crippen molar-refractivity contribution < 1.29 is 0 Å². The van der Waals surface area contributed by atoms with Gasteiger partial charge in [-0.15, -0.1) is 0 Å². The zero-order valence-electron chi connectivity index (χ0n) is 9.30. The third kappa shape index (κ3) is 1.84. The number of aromatic amines is 1. The molecule has 1 N–H and O–H groups in total. The molecule has 3 aromatic rings. The highest BCUT2D eigenvalue weighted by Gasteiger charge is 2.12. The molecule has 0 radical (unpaired) electrons. The Labute approximate surface area is 111 Å². The van der Waals surface area contributed by atoms with Crippen LogP contribution in [0.5, 0.6) is 0 Å². The number of fused-ring (bicyclic) bond motifs is 1. The molecular weight excluding hydrogens is 296 g/mol. The summed E-state index contributed by atoms with van der Waals surface area (Å²) in [5.74, 6) is 0. The summed E-state index contributed by atoms with van der Waals surface area (Å²) < 4.78 is 2.46. The van der Waals surface area contributed by atoms with E-state index in [2.05, 4.69) is 30.9 Å². The Hall–Kier alpha value is -1.95. The Morgan fingerprint density at radius 2 is 2.06 bits per heavy atom. The minimum Gasteiger partial charge on any atom is -0.311 e. The van der Waals surface area contributed by atoms with E-state index in [9.17, 15) is 4.79 Å². The standard InChI is InChI=1S/C12H9BrN4O/c13-12-16-9-10(14-7-15-11(9)18)17(12)6-8-4-2-1-3-5-8/h1-5,7H,6H2,(H,14,15,18). The molecule has 0 amide bonds. The molecule has 0 spiro atoms. The number of nitrogens with zero attached hydrogens (tertiary/aromatic N) is 3. The maximum absolute atomic E-state index is 11.6. The van der Waals surface area contributed by atoms with Crippen LogP contribution < -0.4 is 5.56 Å². The van der Waals surface area contributed by atoms with Gasteiger partial charge in [-0.3, -0.25) is 9.36 Å². The molecule has 2 aromatic heterocycles. The van der Waals surface area contributed by atoms with Gasteiger partial charge in [-0.1, -0.05) is 30.3 Å². The zero-order valence-corrected chi connectivity index (χ0v) is 10.9. The van der Waals surface area contributed by atoms with Gasteiger partial charge in [0.05, 0.1) is 12.9 Å². The van der Waals surface area contributed by atoms with E-state index in [0.29, 0.717) is 22.4 Å². The average molecular weight is 305 g/mol. The molecule has 0 saturated heterocycles. The van der Waals surface area contributed by atoms with Gasteiger partial charge in [-0.25, -0.2) is 9.97 Å². The summed E-state index contributed by atoms with van der Waals surface area (Å²) in [6.45, 7) is 0.619. The Kier molecular flexibility index (Phi) is 2.71. The summed E-state index contributed by atoms with van der Waals surface area (Å²) in [6, 6.07) is 9.95. The van der Waals surface area contributed by atoms with E-state index >= 15 is 0 Å². The Balaban J connectivity index is 2.15. The fraction of sp³-hybridized carbons (Fsp3) is 0.0833. The Morgan fingerprint density at radius 3 is 2.83 bits per heavy atom. The first-order chi connectivity index (χ1) is 8.75. The number of aromatic nitrogens is 4. The lowest BCUT2D eigenvalue weighted by atomic mass is 10.2. The molecule has 0 aliphatic heterocycles. The van der Waals surface area contributed by atoms with Gasteiger partial charge in [0.15, 0.2) is 15.9 Å². The molecule has 5 nitrogen and oxygen atoms in total. The third-order valence-electron chi connectivity index (χ3n) is 2.68. The molecule has 3 rings (SSSR count). The van der Waals surface area contributed by atoms with E-state index in [4.69, 9.17) is 0 Å². The maximum atomic E-state index is 11.6. The molecule has 0 fully saturated rings. The molecule has 0 saturated carbocycles. The minimum absolute atomic E-state index is 0.229. The van der Waals surface area contributed by atoms with Crippen molar-refractivity contribution in [3.63, 3.8) is 0 Å². The number of rotatable bonds is 2. The molecule has 0 atom stereocenters. The summed E-state index contributed by atoms with van der Waals surface area (Å²) in [6.07, 6.45) is 1.39. The Bertz CT molecular complexity index is 748. The van der Waals surface area contributed by atoms with E-state index in [0.717, 1.165) is 5.56 Å². The second-order valence-corrected chi connectivity index (χ2v) is 4.57. The van der Waals surface area contributed by atoms with Crippen molar-refractivity contribution in [3.8, 4) is 0 Å². The van der Waals surface area contributed by atoms with Gasteiger partial charge in [0.2, 0.25) is 0 Å². The normalized spacial score (nSPS) is 10.9. The van der Waals surface area contributed by atoms with E-state index in [1.54, 1.807) is 0 Å². The van der Waals surface area contributed by atoms with Crippen LogP contribution in [0.3, 0.4) is 0 Å². The molecular formula is C12H9BrN4O. The van der Waals surface area contributed by atoms with E-state index in [1.807, 2.05) is 34.9 Å². The molecule has 90 valence electrons. The lowest BCUT2D eigenvalue weighted by Crippen LogP contribution is -2.08. The van der Waals surface area contributed by atoms with Crippen molar-refractivity contribution >= 4 is 27.1 Å². The molecule has 6 heteroatoms. The largest absolute Gasteiger partial charge is 0.311 e. The SMILES string of the molecule is O=c1[nH]cnc2c1nc(Br)n2Cc1ccccc1. The fourth-order valence-electron chi connectivity index (χ4n) is 1.83. The number of halogens is 1. The predicted molar refractivity (Wildman–Crippen MR) is 71.4 cm³/mol. The second kappa shape index (κ2) is 4.38. The first-order valence-corrected chi connectivity index (χ1v) is 6.18. The quantitative estimate of drug-likeness (QED) is 0.736. The number of imidazole rings is 1. The first kappa shape index (κ1) is 11.2. The number of benzene rings is 1. The average Bonchev–Trinajstić information content (AvgIpc) is 2.70. The second-order valence-electron chi connectivity index (χ2n) is 3.86. The minimum atomic E-state index is -0.229. The van der Waals surface area contributed by atoms with Crippen LogP contribution in [0, 0.1) is 0 Å². The summed E-state index contributed by atoms with van der Waals surface area (Å²) in [4.78, 5) is 22.5. The third-order valence-corrected chi connectivity index (χ3v) is 3.28. The van der Waals surface area contributed by atoms with Crippen LogP contribution in [0.1, 0.15) is 5.56 Å². The molecule has 1 aromatic carbocycles. The van der Waals surface area contributed by atoms with Crippen LogP contribution in [0.15, 0.2) is 46.2 Å². The first-order valence-electron chi connectivity index (χ1n) is 5.39. The van der Waals surface area contributed by atoms with Crippen molar-refractivity contribution in [2.75, 3.05) is 0 Å². The van der Waals surface area contributed by atoms with Gasteiger partial charge in [0.25, 0.3) is 5.56 Å². The fourth-order valence-corrected chi connectivity index (χ4v) is 2.30. The maximum Gasteiger partial charge on any atom is 0.278 e. The molecule has 0 aliphatic rings. The van der Waals surface area contributed by atoms with Gasteiger partial charge < -0.3 is 4.98 Å². The molecule has 0 aliphatic carbocycles. The summed E-state index contributed by atoms with van der Waals surface area (Å²) in [7, 11) is 0. The predicted octanol–water partition coefficient (Wildman–Crippen LogP) is 1.93. The van der Waals surface area contributed by atoms with Crippen molar-refractivity contribution in [1.29, 1.82) is 0 Å². The smallest absolute Gasteiger partial charge is 0.278 e. The van der Waals surface area contributed by atoms with Gasteiger partial charge >= 0.3 is 0 Å². The Morgan fingerprint density at radius 1 is 1.28 bits per heavy atom. The summed E-state index contributed by atoms with van der Waals surface area (Å²) in [5.41, 5.74) is 1.82. The highest BCUT2D eigenvalue weighted by molar-refractivity contribution is 9.10. The van der Waals surface area contributed by atoms with Gasteiger partial charge in [0.1, 0.15) is 0 Å². The number of nitrogens with one attached hydrogen (secondary N) is 1. The zero-order chi connectivity index (χ0) is 12.5. The monoisotopic (exact) mass is 304 g/mol. The van der Waals surface area contributed by atoms with E-state index in [-0.39, 0.29) is 5.56 Å². The molecule has 0 unspecified atom stereocenters. The number of H-pyrrole nitrogens is 1. The van der Waals surface area contributed by atoms with Crippen LogP contribution in [0.25, 0.3) is 11.2 Å². The van der Waals surface area contributed by atoms with Crippen LogP contribution in [-0.4, -0.2) is 19.5 Å². The number of hydrogen-bond donors (Lipinski definition) is 1. The summed E-state index contributed by atoms with van der Waals surface area (Å²) in [5, 5.41) is 0. The lowest BCUT2D eigenvalue weighted by molar-refractivity contribution is 0.790. The van der Waals surface area contributed by atoms with Gasteiger partial charge in [0, 0.05) is 0 Å². The number of hydrogen-bond acceptors (Lipinski definition) is 3. The van der Waals surface area contributed by atoms with E-state index in [1.165, 1.54) is 6.33 Å². The van der Waals surface area contributed by atoms with Crippen molar-refractivity contribution in [1.82, 2.24) is 19.5 Å². The molecule has 0 bridgehead atoms. The highest BCUT2D eigenvalue weighted by Crippen LogP contribution is 2.17. The topological polar surface area (TPSA) is 63.6 Å². The van der Waals surface area contributed by atoms with Crippen molar-refractivity contribution in [3.05, 3.63) is 57.3 Å².